The Morgan fingerprint density at radius 1 is 1.05 bits per heavy atom. The molecule has 0 aliphatic carbocycles. The second-order valence-corrected chi connectivity index (χ2v) is 12.2. The molecule has 43 heavy (non-hydrogen) atoms. The van der Waals surface area contributed by atoms with Gasteiger partial charge in [-0.15, -0.1) is 11.3 Å². The van der Waals surface area contributed by atoms with Crippen LogP contribution in [0.2, 0.25) is 0 Å². The number of aromatic nitrogens is 1. The summed E-state index contributed by atoms with van der Waals surface area (Å²) in [5.41, 5.74) is 2.70. The number of carbonyl (C=O) groups is 3. The lowest BCUT2D eigenvalue weighted by atomic mass is 10.0. The number of aryl methyl sites for hydroxylation is 1. The first-order chi connectivity index (χ1) is 21.0. The molecule has 2 atom stereocenters. The van der Waals surface area contributed by atoms with Gasteiger partial charge in [-0.25, -0.2) is 9.78 Å². The molecule has 2 saturated heterocycles. The fraction of sp³-hybridized carbons (Fsp3) is 0.312. The average molecular weight is 597 g/mol. The van der Waals surface area contributed by atoms with Crippen LogP contribution in [0.5, 0.6) is 11.5 Å². The minimum atomic E-state index is -0.356. The number of nitrogens with zero attached hydrogens (tertiary/aromatic N) is 3. The van der Waals surface area contributed by atoms with E-state index in [0.717, 1.165) is 48.9 Å². The van der Waals surface area contributed by atoms with E-state index < -0.39 is 0 Å². The predicted molar refractivity (Wildman–Crippen MR) is 167 cm³/mol. The van der Waals surface area contributed by atoms with E-state index in [2.05, 4.69) is 20.9 Å². The number of pyridine rings is 1. The van der Waals surface area contributed by atoms with Gasteiger partial charge in [-0.2, -0.15) is 0 Å². The van der Waals surface area contributed by atoms with Crippen LogP contribution in [0, 0.1) is 6.92 Å². The Morgan fingerprint density at radius 2 is 1.91 bits per heavy atom. The number of piperidine rings is 1. The fourth-order valence-corrected chi connectivity index (χ4v) is 7.23. The van der Waals surface area contributed by atoms with E-state index in [-0.39, 0.29) is 29.9 Å². The minimum absolute atomic E-state index is 0.115. The van der Waals surface area contributed by atoms with Gasteiger partial charge >= 0.3 is 6.03 Å². The highest BCUT2D eigenvalue weighted by atomic mass is 32.1. The Kier molecular flexibility index (Phi) is 7.20. The van der Waals surface area contributed by atoms with Crippen LogP contribution >= 0.6 is 11.3 Å². The molecule has 3 N–H and O–H groups in total. The second-order valence-electron chi connectivity index (χ2n) is 11.2. The normalized spacial score (nSPS) is 19.8. The summed E-state index contributed by atoms with van der Waals surface area (Å²) in [4.78, 5) is 49.3. The third kappa shape index (κ3) is 5.19. The van der Waals surface area contributed by atoms with Gasteiger partial charge in [0.1, 0.15) is 21.2 Å². The summed E-state index contributed by atoms with van der Waals surface area (Å²) in [5.74, 6) is 1.25. The van der Waals surface area contributed by atoms with E-state index in [9.17, 15) is 14.4 Å². The number of rotatable bonds is 6. The summed E-state index contributed by atoms with van der Waals surface area (Å²) >= 11 is 1.26. The molecule has 2 aromatic heterocycles. The van der Waals surface area contributed by atoms with Crippen LogP contribution in [-0.2, 0) is 4.79 Å². The molecule has 7 rings (SSSR count). The lowest BCUT2D eigenvalue weighted by Gasteiger charge is -2.34. The second kappa shape index (κ2) is 11.3. The number of carbonyl (C=O) groups excluding carboxylic acids is 3. The molecule has 11 heteroatoms. The fourth-order valence-electron chi connectivity index (χ4n) is 6.21. The van der Waals surface area contributed by atoms with E-state index in [4.69, 9.17) is 4.74 Å². The SMILES string of the molecule is Cc1cc(Oc2ccccc2)ccc1N1C(=O)Nc2c(C(=O)N[C@@H]3CCCN(C(=O)C4CCCN4)C3)sc3nccc1c23. The molecule has 2 fully saturated rings. The molecule has 2 aromatic carbocycles. The van der Waals surface area contributed by atoms with Crippen molar-refractivity contribution in [2.24, 2.45) is 0 Å². The number of anilines is 3. The van der Waals surface area contributed by atoms with Gasteiger partial charge in [0.05, 0.1) is 28.5 Å². The summed E-state index contributed by atoms with van der Waals surface area (Å²) < 4.78 is 5.98. The number of para-hydroxylation sites is 1. The minimum Gasteiger partial charge on any atom is -0.457 e. The Morgan fingerprint density at radius 3 is 2.70 bits per heavy atom. The van der Waals surface area contributed by atoms with E-state index in [0.29, 0.717) is 45.6 Å². The maximum atomic E-state index is 13.6. The summed E-state index contributed by atoms with van der Waals surface area (Å²) in [6.45, 7) is 3.99. The molecule has 1 unspecified atom stereocenters. The average Bonchev–Trinajstić information content (AvgIpc) is 3.68. The summed E-state index contributed by atoms with van der Waals surface area (Å²) in [5, 5.41) is 10.1. The van der Waals surface area contributed by atoms with Crippen LogP contribution < -0.4 is 25.6 Å². The van der Waals surface area contributed by atoms with Gasteiger partial charge in [0, 0.05) is 25.3 Å². The zero-order valence-electron chi connectivity index (χ0n) is 23.8. The Hall–Kier alpha value is -4.48. The molecule has 3 aliphatic rings. The number of amides is 4. The van der Waals surface area contributed by atoms with Gasteiger partial charge < -0.3 is 25.6 Å². The van der Waals surface area contributed by atoms with Gasteiger partial charge in [-0.1, -0.05) is 18.2 Å². The van der Waals surface area contributed by atoms with Crippen molar-refractivity contribution in [2.75, 3.05) is 29.9 Å². The Balaban J connectivity index is 1.13. The number of urea groups is 1. The van der Waals surface area contributed by atoms with Crippen molar-refractivity contribution in [3.05, 3.63) is 71.2 Å². The van der Waals surface area contributed by atoms with Crippen LogP contribution in [0.3, 0.4) is 0 Å². The predicted octanol–water partition coefficient (Wildman–Crippen LogP) is 5.55. The van der Waals surface area contributed by atoms with Crippen molar-refractivity contribution in [1.29, 1.82) is 0 Å². The zero-order chi connectivity index (χ0) is 29.5. The van der Waals surface area contributed by atoms with Gasteiger partial charge in [0.15, 0.2) is 0 Å². The molecule has 0 bridgehead atoms. The van der Waals surface area contributed by atoms with Gasteiger partial charge in [0.25, 0.3) is 5.91 Å². The molecule has 0 radical (unpaired) electrons. The number of hydrogen-bond donors (Lipinski definition) is 3. The highest BCUT2D eigenvalue weighted by Crippen LogP contribution is 2.46. The van der Waals surface area contributed by atoms with E-state index in [1.807, 2.05) is 60.4 Å². The van der Waals surface area contributed by atoms with E-state index in [1.165, 1.54) is 11.3 Å². The highest BCUT2D eigenvalue weighted by Gasteiger charge is 2.35. The Labute approximate surface area is 253 Å². The van der Waals surface area contributed by atoms with Crippen molar-refractivity contribution in [3.63, 3.8) is 0 Å². The van der Waals surface area contributed by atoms with Crippen molar-refractivity contribution >= 4 is 56.5 Å². The first-order valence-electron chi connectivity index (χ1n) is 14.7. The molecule has 0 spiro atoms. The summed E-state index contributed by atoms with van der Waals surface area (Å²) in [6.07, 6.45) is 5.14. The number of nitrogens with one attached hydrogen (secondary N) is 3. The number of benzene rings is 2. The maximum absolute atomic E-state index is 13.6. The van der Waals surface area contributed by atoms with E-state index in [1.54, 1.807) is 17.2 Å². The molecular formula is C32H32N6O4S. The third-order valence-electron chi connectivity index (χ3n) is 8.27. The number of thiophene rings is 1. The van der Waals surface area contributed by atoms with Crippen LogP contribution in [-0.4, -0.2) is 59.4 Å². The van der Waals surface area contributed by atoms with Crippen molar-refractivity contribution < 1.29 is 19.1 Å². The Bertz CT molecular complexity index is 1720. The summed E-state index contributed by atoms with van der Waals surface area (Å²) in [6, 6.07) is 16.3. The highest BCUT2D eigenvalue weighted by molar-refractivity contribution is 7.21. The largest absolute Gasteiger partial charge is 0.457 e. The van der Waals surface area contributed by atoms with Crippen LogP contribution in [0.1, 0.15) is 40.9 Å². The zero-order valence-corrected chi connectivity index (χ0v) is 24.6. The number of likely N-dealkylation sites (tertiary alicyclic amines) is 1. The molecule has 5 heterocycles. The number of ether oxygens (including phenoxy) is 1. The smallest absolute Gasteiger partial charge is 0.331 e. The maximum Gasteiger partial charge on any atom is 0.331 e. The van der Waals surface area contributed by atoms with Crippen molar-refractivity contribution in [2.45, 2.75) is 44.7 Å². The molecular weight excluding hydrogens is 564 g/mol. The first kappa shape index (κ1) is 27.4. The quantitative estimate of drug-likeness (QED) is 0.269. The topological polar surface area (TPSA) is 116 Å². The standard InChI is InChI=1S/C32H32N6O4S/c1-19-17-22(42-21-8-3-2-4-9-21)11-12-24(19)38-25-13-15-34-30-26(25)27(36-32(38)41)28(43-30)29(39)35-20-7-6-16-37(18-20)31(40)23-10-5-14-33-23/h2-4,8-9,11-13,15,17,20,23,33H,5-7,10,14,16,18H2,1H3,(H,35,39)(H,36,41)/t20-,23?/m1/s1. The van der Waals surface area contributed by atoms with Crippen LogP contribution in [0.15, 0.2) is 60.8 Å². The third-order valence-corrected chi connectivity index (χ3v) is 9.36. The van der Waals surface area contributed by atoms with Crippen molar-refractivity contribution in [3.8, 4) is 11.5 Å². The van der Waals surface area contributed by atoms with Gasteiger partial charge in [0.2, 0.25) is 5.91 Å². The molecule has 3 aliphatic heterocycles. The number of hydrogen-bond acceptors (Lipinski definition) is 7. The van der Waals surface area contributed by atoms with Gasteiger partial charge in [-0.3, -0.25) is 14.5 Å². The summed E-state index contributed by atoms with van der Waals surface area (Å²) in [7, 11) is 0. The molecule has 10 nitrogen and oxygen atoms in total. The molecule has 4 aromatic rings. The van der Waals surface area contributed by atoms with Gasteiger partial charge in [-0.05, 0) is 81.1 Å². The van der Waals surface area contributed by atoms with E-state index >= 15 is 0 Å². The lowest BCUT2D eigenvalue weighted by Crippen LogP contribution is -2.53. The van der Waals surface area contributed by atoms with Crippen LogP contribution in [0.4, 0.5) is 21.9 Å². The first-order valence-corrected chi connectivity index (χ1v) is 15.5. The molecule has 4 amide bonds. The van der Waals surface area contributed by atoms with Crippen molar-refractivity contribution in [1.82, 2.24) is 20.5 Å². The molecule has 220 valence electrons. The lowest BCUT2D eigenvalue weighted by molar-refractivity contribution is -0.134. The van der Waals surface area contributed by atoms with Crippen LogP contribution in [0.25, 0.3) is 10.2 Å². The monoisotopic (exact) mass is 596 g/mol. The molecule has 0 saturated carbocycles.